The number of benzene rings is 1. The van der Waals surface area contributed by atoms with Crippen LogP contribution < -0.4 is 4.90 Å². The van der Waals surface area contributed by atoms with Gasteiger partial charge in [0.15, 0.2) is 5.60 Å². The smallest absolute Gasteiger partial charge is 0.266 e. The Bertz CT molecular complexity index is 654. The number of carbonyl (C=O) groups excluding carboxylic acids is 2. The number of ether oxygens (including phenoxy) is 1. The maximum atomic E-state index is 13.0. The molecule has 1 aromatic rings. The van der Waals surface area contributed by atoms with E-state index >= 15 is 0 Å². The highest BCUT2D eigenvalue weighted by Gasteiger charge is 2.57. The first-order valence-electron chi connectivity index (χ1n) is 8.13. The molecule has 0 aromatic heterocycles. The average Bonchev–Trinajstić information content (AvgIpc) is 2.69. The third-order valence-electron chi connectivity index (χ3n) is 4.59. The predicted molar refractivity (Wildman–Crippen MR) is 86.2 cm³/mol. The number of rotatable bonds is 3. The zero-order valence-corrected chi connectivity index (χ0v) is 13.8. The Labute approximate surface area is 136 Å². The van der Waals surface area contributed by atoms with Crippen LogP contribution in [-0.4, -0.2) is 35.0 Å². The molecule has 2 aliphatic rings. The van der Waals surface area contributed by atoms with Gasteiger partial charge in [-0.15, -0.1) is 0 Å². The summed E-state index contributed by atoms with van der Waals surface area (Å²) in [7, 11) is 0. The van der Waals surface area contributed by atoms with Gasteiger partial charge < -0.3 is 14.7 Å². The largest absolute Gasteiger partial charge is 0.373 e. The molecule has 0 spiro atoms. The number of aliphatic hydroxyl groups is 1. The van der Waals surface area contributed by atoms with Gasteiger partial charge in [-0.3, -0.25) is 9.59 Å². The Balaban J connectivity index is 2.06. The van der Waals surface area contributed by atoms with Crippen LogP contribution in [0.4, 0.5) is 5.69 Å². The Hall–Kier alpha value is -1.72. The number of hydrogen-bond donors (Lipinski definition) is 1. The molecule has 0 saturated carbocycles. The summed E-state index contributed by atoms with van der Waals surface area (Å²) in [5, 5.41) is 11.3. The van der Waals surface area contributed by atoms with Crippen molar-refractivity contribution in [3.05, 3.63) is 29.8 Å². The number of para-hydroxylation sites is 1. The van der Waals surface area contributed by atoms with Crippen LogP contribution in [0.25, 0.3) is 0 Å². The van der Waals surface area contributed by atoms with Crippen molar-refractivity contribution in [3.63, 3.8) is 0 Å². The molecule has 5 heteroatoms. The summed E-state index contributed by atoms with van der Waals surface area (Å²) in [6.07, 6.45) is 0.287. The van der Waals surface area contributed by atoms with Gasteiger partial charge in [-0.25, -0.2) is 0 Å². The van der Waals surface area contributed by atoms with Crippen molar-refractivity contribution in [2.75, 3.05) is 11.4 Å². The summed E-state index contributed by atoms with van der Waals surface area (Å²) in [5.41, 5.74) is -1.22. The molecule has 2 heterocycles. The van der Waals surface area contributed by atoms with Gasteiger partial charge in [0.05, 0.1) is 11.3 Å². The summed E-state index contributed by atoms with van der Waals surface area (Å²) in [4.78, 5) is 26.7. The molecule has 1 N–H and O–H groups in total. The van der Waals surface area contributed by atoms with Gasteiger partial charge in [0.25, 0.3) is 5.91 Å². The van der Waals surface area contributed by atoms with E-state index < -0.39 is 23.2 Å². The van der Waals surface area contributed by atoms with Gasteiger partial charge in [0, 0.05) is 24.9 Å². The number of amides is 1. The lowest BCUT2D eigenvalue weighted by atomic mass is 9.82. The minimum Gasteiger partial charge on any atom is -0.373 e. The van der Waals surface area contributed by atoms with Crippen molar-refractivity contribution in [1.82, 2.24) is 0 Å². The second-order valence-electron chi connectivity index (χ2n) is 7.03. The topological polar surface area (TPSA) is 66.8 Å². The molecule has 3 rings (SSSR count). The normalized spacial score (nSPS) is 29.7. The first kappa shape index (κ1) is 16.1. The van der Waals surface area contributed by atoms with E-state index in [9.17, 15) is 14.7 Å². The Morgan fingerprint density at radius 2 is 2.00 bits per heavy atom. The maximum absolute atomic E-state index is 13.0. The summed E-state index contributed by atoms with van der Waals surface area (Å²) in [5.74, 6) is -0.380. The maximum Gasteiger partial charge on any atom is 0.266 e. The lowest BCUT2D eigenvalue weighted by Crippen LogP contribution is -2.55. The van der Waals surface area contributed by atoms with Crippen molar-refractivity contribution in [1.29, 1.82) is 0 Å². The molecule has 2 atom stereocenters. The highest BCUT2D eigenvalue weighted by Crippen LogP contribution is 2.46. The Morgan fingerprint density at radius 3 is 2.65 bits per heavy atom. The van der Waals surface area contributed by atoms with E-state index in [4.69, 9.17) is 4.74 Å². The Morgan fingerprint density at radius 1 is 1.30 bits per heavy atom. The third kappa shape index (κ3) is 2.48. The number of carbonyl (C=O) groups is 2. The number of hydrogen-bond acceptors (Lipinski definition) is 4. The summed E-state index contributed by atoms with van der Waals surface area (Å²) < 4.78 is 5.97. The van der Waals surface area contributed by atoms with E-state index in [1.165, 1.54) is 0 Å². The number of anilines is 1. The van der Waals surface area contributed by atoms with E-state index in [2.05, 4.69) is 0 Å². The molecule has 0 unspecified atom stereocenters. The highest BCUT2D eigenvalue weighted by molar-refractivity contribution is 6.07. The summed E-state index contributed by atoms with van der Waals surface area (Å²) >= 11 is 0. The van der Waals surface area contributed by atoms with Crippen molar-refractivity contribution in [2.45, 2.75) is 57.3 Å². The van der Waals surface area contributed by atoms with Crippen molar-refractivity contribution < 1.29 is 19.4 Å². The van der Waals surface area contributed by atoms with Gasteiger partial charge in [-0.05, 0) is 26.3 Å². The molecule has 1 fully saturated rings. The molecule has 0 bridgehead atoms. The van der Waals surface area contributed by atoms with Crippen LogP contribution in [0.2, 0.25) is 0 Å². The molecule has 0 aliphatic carbocycles. The summed E-state index contributed by atoms with van der Waals surface area (Å²) in [6, 6.07) is 7.22. The second-order valence-corrected chi connectivity index (χ2v) is 7.03. The highest BCUT2D eigenvalue weighted by atomic mass is 16.5. The van der Waals surface area contributed by atoms with Crippen molar-refractivity contribution in [2.24, 2.45) is 0 Å². The van der Waals surface area contributed by atoms with Gasteiger partial charge in [-0.2, -0.15) is 0 Å². The standard InChI is InChI=1S/C18H23NO4/c1-4-9-19-14-8-6-5-7-13(14)18(22,16(19)21)15-10-12(20)11-17(2,3)23-15/h5-8,15,22H,4,9-11H2,1-3H3/t15-,18+/m0/s1. The van der Waals surface area contributed by atoms with E-state index in [1.54, 1.807) is 17.0 Å². The van der Waals surface area contributed by atoms with Gasteiger partial charge >= 0.3 is 0 Å². The fourth-order valence-corrected chi connectivity index (χ4v) is 3.67. The van der Waals surface area contributed by atoms with Crippen LogP contribution in [0.1, 0.15) is 45.6 Å². The van der Waals surface area contributed by atoms with E-state index in [0.717, 1.165) is 6.42 Å². The van der Waals surface area contributed by atoms with Crippen LogP contribution in [0.15, 0.2) is 24.3 Å². The lowest BCUT2D eigenvalue weighted by Gasteiger charge is -2.41. The molecule has 1 saturated heterocycles. The average molecular weight is 317 g/mol. The van der Waals surface area contributed by atoms with Crippen molar-refractivity contribution in [3.8, 4) is 0 Å². The fraction of sp³-hybridized carbons (Fsp3) is 0.556. The minimum atomic E-state index is -1.79. The summed E-state index contributed by atoms with van der Waals surface area (Å²) in [6.45, 7) is 6.14. The van der Waals surface area contributed by atoms with Crippen LogP contribution in [0.3, 0.4) is 0 Å². The molecule has 5 nitrogen and oxygen atoms in total. The number of Topliss-reactive ketones (excluding diaryl/α,β-unsaturated/α-hetero) is 1. The third-order valence-corrected chi connectivity index (χ3v) is 4.59. The van der Waals surface area contributed by atoms with Crippen LogP contribution >= 0.6 is 0 Å². The van der Waals surface area contributed by atoms with Crippen LogP contribution in [0.5, 0.6) is 0 Å². The quantitative estimate of drug-likeness (QED) is 0.927. The first-order valence-corrected chi connectivity index (χ1v) is 8.13. The van der Waals surface area contributed by atoms with Crippen LogP contribution in [-0.2, 0) is 19.9 Å². The molecule has 124 valence electrons. The van der Waals surface area contributed by atoms with Gasteiger partial charge in [-0.1, -0.05) is 25.1 Å². The number of ketones is 1. The zero-order valence-electron chi connectivity index (χ0n) is 13.8. The van der Waals surface area contributed by atoms with Gasteiger partial charge in [0.2, 0.25) is 0 Å². The number of nitrogens with zero attached hydrogens (tertiary/aromatic N) is 1. The zero-order chi connectivity index (χ0) is 16.8. The molecule has 1 aromatic carbocycles. The van der Waals surface area contributed by atoms with Crippen LogP contribution in [0, 0.1) is 0 Å². The molecular formula is C18H23NO4. The molecule has 0 radical (unpaired) electrons. The van der Waals surface area contributed by atoms with Gasteiger partial charge in [0.1, 0.15) is 11.9 Å². The fourth-order valence-electron chi connectivity index (χ4n) is 3.67. The predicted octanol–water partition coefficient (Wildman–Crippen LogP) is 2.16. The monoisotopic (exact) mass is 317 g/mol. The van der Waals surface area contributed by atoms with E-state index in [-0.39, 0.29) is 12.2 Å². The SMILES string of the molecule is CCCN1C(=O)[C@](O)([C@@H]2CC(=O)CC(C)(C)O2)c2ccccc21. The van der Waals surface area contributed by atoms with E-state index in [1.807, 2.05) is 32.9 Å². The van der Waals surface area contributed by atoms with Crippen molar-refractivity contribution >= 4 is 17.4 Å². The minimum absolute atomic E-state index is 0.0129. The lowest BCUT2D eigenvalue weighted by molar-refractivity contribution is -0.194. The number of fused-ring (bicyclic) bond motifs is 1. The first-order chi connectivity index (χ1) is 10.8. The van der Waals surface area contributed by atoms with E-state index in [0.29, 0.717) is 24.2 Å². The molecular weight excluding hydrogens is 294 g/mol. The molecule has 1 amide bonds. The second kappa shape index (κ2) is 5.42. The molecule has 2 aliphatic heterocycles. The molecule has 23 heavy (non-hydrogen) atoms. The Kier molecular flexibility index (Phi) is 3.81.